The lowest BCUT2D eigenvalue weighted by atomic mass is 10.1. The number of hydrogen-bond donors (Lipinski definition) is 2. The van der Waals surface area contributed by atoms with Crippen LogP contribution in [0.25, 0.3) is 16.6 Å². The minimum Gasteiger partial charge on any atom is -0.404 e. The van der Waals surface area contributed by atoms with Crippen molar-refractivity contribution in [2.24, 2.45) is 5.73 Å². The maximum Gasteiger partial charge on any atom is 0.0925 e. The van der Waals surface area contributed by atoms with E-state index in [-0.39, 0.29) is 0 Å². The van der Waals surface area contributed by atoms with Gasteiger partial charge in [-0.2, -0.15) is 0 Å². The van der Waals surface area contributed by atoms with Gasteiger partial charge in [-0.3, -0.25) is 4.98 Å². The summed E-state index contributed by atoms with van der Waals surface area (Å²) < 4.78 is 0. The van der Waals surface area contributed by atoms with Crippen molar-refractivity contribution in [2.45, 2.75) is 6.92 Å². The molecule has 2 aromatic rings. The van der Waals surface area contributed by atoms with E-state index in [0.717, 1.165) is 11.0 Å². The number of nitrogens with two attached hydrogens (primary N) is 1. The van der Waals surface area contributed by atoms with Gasteiger partial charge in [0.05, 0.1) is 22.9 Å². The predicted molar refractivity (Wildman–Crippen MR) is 65.1 cm³/mol. The first-order chi connectivity index (χ1) is 7.72. The second kappa shape index (κ2) is 4.10. The van der Waals surface area contributed by atoms with E-state index in [0.29, 0.717) is 17.0 Å². The minimum atomic E-state index is 0.382. The van der Waals surface area contributed by atoms with Crippen LogP contribution in [0, 0.1) is 5.41 Å². The van der Waals surface area contributed by atoms with Crippen molar-refractivity contribution in [3.63, 3.8) is 0 Å². The SMILES string of the molecule is CC(=N)/C(=C\N)c1cnc2ccccc2n1. The summed E-state index contributed by atoms with van der Waals surface area (Å²) in [5, 5.41) is 7.58. The van der Waals surface area contributed by atoms with Crippen LogP contribution in [0.1, 0.15) is 12.6 Å². The van der Waals surface area contributed by atoms with Crippen molar-refractivity contribution >= 4 is 22.3 Å². The lowest BCUT2D eigenvalue weighted by Crippen LogP contribution is -2.01. The highest BCUT2D eigenvalue weighted by atomic mass is 14.8. The molecule has 0 spiro atoms. The highest BCUT2D eigenvalue weighted by molar-refractivity contribution is 6.20. The fourth-order valence-corrected chi connectivity index (χ4v) is 1.49. The number of hydrogen-bond acceptors (Lipinski definition) is 4. The van der Waals surface area contributed by atoms with E-state index in [9.17, 15) is 0 Å². The van der Waals surface area contributed by atoms with E-state index in [1.165, 1.54) is 6.20 Å². The molecule has 0 unspecified atom stereocenters. The normalized spacial score (nSPS) is 11.7. The summed E-state index contributed by atoms with van der Waals surface area (Å²) in [5.41, 5.74) is 8.75. The first-order valence-electron chi connectivity index (χ1n) is 4.92. The first kappa shape index (κ1) is 10.3. The molecule has 0 aliphatic rings. The Morgan fingerprint density at radius 1 is 1.31 bits per heavy atom. The molecule has 0 bridgehead atoms. The van der Waals surface area contributed by atoms with Crippen molar-refractivity contribution in [3.8, 4) is 0 Å². The molecule has 0 amide bonds. The van der Waals surface area contributed by atoms with E-state index < -0.39 is 0 Å². The Morgan fingerprint density at radius 2 is 2.00 bits per heavy atom. The van der Waals surface area contributed by atoms with E-state index in [1.54, 1.807) is 13.1 Å². The van der Waals surface area contributed by atoms with Crippen LogP contribution in [-0.2, 0) is 0 Å². The van der Waals surface area contributed by atoms with Gasteiger partial charge < -0.3 is 11.1 Å². The Kier molecular flexibility index (Phi) is 2.64. The number of rotatable bonds is 2. The molecule has 0 aliphatic carbocycles. The van der Waals surface area contributed by atoms with Gasteiger partial charge in [-0.05, 0) is 19.1 Å². The van der Waals surface area contributed by atoms with Gasteiger partial charge in [-0.25, -0.2) is 4.98 Å². The molecular weight excluding hydrogens is 200 g/mol. The third-order valence-corrected chi connectivity index (χ3v) is 2.30. The van der Waals surface area contributed by atoms with Crippen molar-refractivity contribution < 1.29 is 0 Å². The molecule has 16 heavy (non-hydrogen) atoms. The summed E-state index contributed by atoms with van der Waals surface area (Å²) in [4.78, 5) is 8.69. The Morgan fingerprint density at radius 3 is 2.62 bits per heavy atom. The summed E-state index contributed by atoms with van der Waals surface area (Å²) in [6.45, 7) is 1.68. The Balaban J connectivity index is 2.59. The molecule has 1 aromatic carbocycles. The van der Waals surface area contributed by atoms with Crippen LogP contribution < -0.4 is 5.73 Å². The van der Waals surface area contributed by atoms with Gasteiger partial charge in [0, 0.05) is 17.5 Å². The van der Waals surface area contributed by atoms with Crippen LogP contribution in [0.5, 0.6) is 0 Å². The lowest BCUT2D eigenvalue weighted by Gasteiger charge is -2.04. The Hall–Kier alpha value is -2.23. The molecule has 0 saturated heterocycles. The maximum atomic E-state index is 7.58. The molecule has 0 saturated carbocycles. The number of nitrogens with zero attached hydrogens (tertiary/aromatic N) is 2. The summed E-state index contributed by atoms with van der Waals surface area (Å²) >= 11 is 0. The topological polar surface area (TPSA) is 75.7 Å². The molecule has 0 atom stereocenters. The van der Waals surface area contributed by atoms with Gasteiger partial charge in [0.25, 0.3) is 0 Å². The highest BCUT2D eigenvalue weighted by Crippen LogP contribution is 2.15. The molecule has 1 heterocycles. The Bertz CT molecular complexity index is 572. The van der Waals surface area contributed by atoms with Crippen LogP contribution >= 0.6 is 0 Å². The van der Waals surface area contributed by atoms with Gasteiger partial charge in [0.15, 0.2) is 0 Å². The monoisotopic (exact) mass is 212 g/mol. The molecule has 4 nitrogen and oxygen atoms in total. The summed E-state index contributed by atoms with van der Waals surface area (Å²) in [7, 11) is 0. The number of fused-ring (bicyclic) bond motifs is 1. The summed E-state index contributed by atoms with van der Waals surface area (Å²) in [6, 6.07) is 7.61. The van der Waals surface area contributed by atoms with Crippen molar-refractivity contribution in [1.82, 2.24) is 9.97 Å². The third kappa shape index (κ3) is 1.77. The molecule has 4 heteroatoms. The number of nitrogens with one attached hydrogen (secondary N) is 1. The third-order valence-electron chi connectivity index (χ3n) is 2.30. The largest absolute Gasteiger partial charge is 0.404 e. The van der Waals surface area contributed by atoms with E-state index >= 15 is 0 Å². The van der Waals surface area contributed by atoms with E-state index in [4.69, 9.17) is 11.1 Å². The standard InChI is InChI=1S/C12H12N4/c1-8(14)9(6-13)12-7-15-10-4-2-3-5-11(10)16-12/h2-7,14H,13H2,1H3/b9-6+,14-8?. The van der Waals surface area contributed by atoms with Gasteiger partial charge in [-0.1, -0.05) is 12.1 Å². The average molecular weight is 212 g/mol. The lowest BCUT2D eigenvalue weighted by molar-refractivity contribution is 1.25. The fraction of sp³-hybridized carbons (Fsp3) is 0.0833. The summed E-state index contributed by atoms with van der Waals surface area (Å²) in [6.07, 6.45) is 3.03. The quantitative estimate of drug-likeness (QED) is 0.747. The second-order valence-corrected chi connectivity index (χ2v) is 3.45. The number of aromatic nitrogens is 2. The van der Waals surface area contributed by atoms with Gasteiger partial charge in [-0.15, -0.1) is 0 Å². The fourth-order valence-electron chi connectivity index (χ4n) is 1.49. The van der Waals surface area contributed by atoms with Crippen LogP contribution in [0.4, 0.5) is 0 Å². The molecule has 3 N–H and O–H groups in total. The van der Waals surface area contributed by atoms with Crippen molar-refractivity contribution in [3.05, 3.63) is 42.4 Å². The summed E-state index contributed by atoms with van der Waals surface area (Å²) in [5.74, 6) is 0. The predicted octanol–water partition coefficient (Wildman–Crippen LogP) is 1.97. The van der Waals surface area contributed by atoms with Gasteiger partial charge >= 0.3 is 0 Å². The zero-order chi connectivity index (χ0) is 11.5. The highest BCUT2D eigenvalue weighted by Gasteiger charge is 2.06. The molecule has 0 radical (unpaired) electrons. The van der Waals surface area contributed by atoms with Gasteiger partial charge in [0.2, 0.25) is 0 Å². The minimum absolute atomic E-state index is 0.382. The van der Waals surface area contributed by atoms with Crippen LogP contribution in [0.3, 0.4) is 0 Å². The molecule has 0 aliphatic heterocycles. The van der Waals surface area contributed by atoms with Crippen molar-refractivity contribution in [2.75, 3.05) is 0 Å². The molecule has 80 valence electrons. The first-order valence-corrected chi connectivity index (χ1v) is 4.92. The maximum absolute atomic E-state index is 7.58. The zero-order valence-electron chi connectivity index (χ0n) is 8.94. The molecular formula is C12H12N4. The molecule has 2 rings (SSSR count). The number of benzene rings is 1. The van der Waals surface area contributed by atoms with E-state index in [2.05, 4.69) is 9.97 Å². The second-order valence-electron chi connectivity index (χ2n) is 3.45. The smallest absolute Gasteiger partial charge is 0.0925 e. The van der Waals surface area contributed by atoms with Crippen LogP contribution in [0.2, 0.25) is 0 Å². The number of allylic oxidation sites excluding steroid dienone is 1. The van der Waals surface area contributed by atoms with E-state index in [1.807, 2.05) is 24.3 Å². The van der Waals surface area contributed by atoms with Crippen LogP contribution in [0.15, 0.2) is 36.7 Å². The van der Waals surface area contributed by atoms with Crippen LogP contribution in [-0.4, -0.2) is 15.7 Å². The molecule has 0 fully saturated rings. The zero-order valence-corrected chi connectivity index (χ0v) is 8.94. The van der Waals surface area contributed by atoms with Gasteiger partial charge in [0.1, 0.15) is 0 Å². The van der Waals surface area contributed by atoms with Crippen molar-refractivity contribution in [1.29, 1.82) is 5.41 Å². The Labute approximate surface area is 93.3 Å². The molecule has 1 aromatic heterocycles. The average Bonchev–Trinajstić information content (AvgIpc) is 2.29. The number of para-hydroxylation sites is 2.